The van der Waals surface area contributed by atoms with E-state index in [4.69, 9.17) is 5.73 Å². The first-order valence-corrected chi connectivity index (χ1v) is 3.01. The molecule has 0 aromatic rings. The third-order valence-electron chi connectivity index (χ3n) is 0.947. The minimum absolute atomic E-state index is 0.324. The van der Waals surface area contributed by atoms with E-state index in [1.54, 1.807) is 7.05 Å². The average molecular weight is 153 g/mol. The Labute approximate surface area is 65.5 Å². The van der Waals surface area contributed by atoms with Crippen molar-refractivity contribution in [1.29, 1.82) is 0 Å². The number of hydrogen-bond acceptors (Lipinski definition) is 2. The number of nitrogens with one attached hydrogen (secondary N) is 1. The van der Waals surface area contributed by atoms with Crippen LogP contribution in [0.2, 0.25) is 0 Å². The number of aliphatic imine (C=N–C) groups is 1. The lowest BCUT2D eigenvalue weighted by Crippen LogP contribution is -2.15. The monoisotopic (exact) mass is 153 g/mol. The Morgan fingerprint density at radius 3 is 2.73 bits per heavy atom. The lowest BCUT2D eigenvalue weighted by Gasteiger charge is -1.93. The van der Waals surface area contributed by atoms with Crippen LogP contribution >= 0.6 is 0 Å². The maximum atomic E-state index is 10.5. The van der Waals surface area contributed by atoms with E-state index >= 15 is 0 Å². The van der Waals surface area contributed by atoms with Gasteiger partial charge in [-0.1, -0.05) is 12.7 Å². The number of carbonyl (C=O) groups excluding carboxylic acids is 1. The van der Waals surface area contributed by atoms with Gasteiger partial charge in [-0.3, -0.25) is 9.79 Å². The molecule has 1 amide bonds. The number of hydrogen-bond donors (Lipinski definition) is 2. The van der Waals surface area contributed by atoms with Gasteiger partial charge in [0.1, 0.15) is 0 Å². The van der Waals surface area contributed by atoms with Crippen molar-refractivity contribution >= 4 is 12.2 Å². The predicted octanol–water partition coefficient (Wildman–Crippen LogP) is -0.211. The molecule has 0 aliphatic carbocycles. The lowest BCUT2D eigenvalue weighted by atomic mass is 10.3. The van der Waals surface area contributed by atoms with Crippen molar-refractivity contribution in [3.63, 3.8) is 0 Å². The molecule has 60 valence electrons. The number of rotatable bonds is 4. The Morgan fingerprint density at radius 1 is 1.73 bits per heavy atom. The maximum absolute atomic E-state index is 10.5. The largest absolute Gasteiger partial charge is 0.366 e. The van der Waals surface area contributed by atoms with E-state index in [0.29, 0.717) is 5.57 Å². The number of carbonyl (C=O) groups is 1. The third-order valence-corrected chi connectivity index (χ3v) is 0.947. The van der Waals surface area contributed by atoms with Crippen molar-refractivity contribution in [2.75, 3.05) is 7.05 Å². The van der Waals surface area contributed by atoms with Gasteiger partial charge in [-0.2, -0.15) is 0 Å². The second kappa shape index (κ2) is 5.22. The van der Waals surface area contributed by atoms with Crippen LogP contribution in [0.25, 0.3) is 0 Å². The van der Waals surface area contributed by atoms with E-state index in [-0.39, 0.29) is 0 Å². The van der Waals surface area contributed by atoms with Gasteiger partial charge in [0.25, 0.3) is 0 Å². The fourth-order valence-electron chi connectivity index (χ4n) is 0.432. The molecule has 11 heavy (non-hydrogen) atoms. The molecule has 0 aromatic carbocycles. The van der Waals surface area contributed by atoms with Gasteiger partial charge in [0.05, 0.1) is 11.9 Å². The highest BCUT2D eigenvalue weighted by Crippen LogP contribution is 1.89. The second-order valence-electron chi connectivity index (χ2n) is 1.72. The first kappa shape index (κ1) is 9.42. The summed E-state index contributed by atoms with van der Waals surface area (Å²) in [5.74, 6) is -0.517. The van der Waals surface area contributed by atoms with Crippen LogP contribution in [0.4, 0.5) is 0 Å². The Hall–Kier alpha value is -1.58. The quantitative estimate of drug-likeness (QED) is 0.254. The minimum Gasteiger partial charge on any atom is -0.366 e. The zero-order valence-corrected chi connectivity index (χ0v) is 6.37. The third kappa shape index (κ3) is 3.91. The molecule has 0 atom stereocenters. The van der Waals surface area contributed by atoms with Gasteiger partial charge in [-0.15, -0.1) is 0 Å². The normalized spacial score (nSPS) is 11.5. The van der Waals surface area contributed by atoms with Gasteiger partial charge >= 0.3 is 0 Å². The first-order chi connectivity index (χ1) is 5.22. The summed E-state index contributed by atoms with van der Waals surface area (Å²) in [6, 6.07) is 0. The zero-order chi connectivity index (χ0) is 8.69. The Balaban J connectivity index is 4.12. The molecule has 0 rings (SSSR count). The molecule has 0 heterocycles. The Morgan fingerprint density at radius 2 is 2.36 bits per heavy atom. The van der Waals surface area contributed by atoms with Crippen LogP contribution in [0.1, 0.15) is 0 Å². The number of nitrogens with two attached hydrogens (primary N) is 1. The lowest BCUT2D eigenvalue weighted by molar-refractivity contribution is -0.114. The molecular weight excluding hydrogens is 142 g/mol. The molecule has 4 heteroatoms. The topological polar surface area (TPSA) is 67.5 Å². The van der Waals surface area contributed by atoms with E-state index in [2.05, 4.69) is 16.9 Å². The van der Waals surface area contributed by atoms with E-state index in [9.17, 15) is 4.79 Å². The summed E-state index contributed by atoms with van der Waals surface area (Å²) < 4.78 is 0. The highest BCUT2D eigenvalue weighted by Gasteiger charge is 1.96. The average Bonchev–Trinajstić information content (AvgIpc) is 1.97. The number of amides is 1. The summed E-state index contributed by atoms with van der Waals surface area (Å²) in [5, 5.41) is 2.64. The Kier molecular flexibility index (Phi) is 4.47. The van der Waals surface area contributed by atoms with E-state index in [1.165, 1.54) is 18.6 Å². The fourth-order valence-corrected chi connectivity index (χ4v) is 0.432. The van der Waals surface area contributed by atoms with Gasteiger partial charge < -0.3 is 11.1 Å². The molecule has 0 fully saturated rings. The molecule has 0 unspecified atom stereocenters. The smallest absolute Gasteiger partial charge is 0.250 e. The first-order valence-electron chi connectivity index (χ1n) is 3.01. The fraction of sp³-hybridized carbons (Fsp3) is 0.143. The summed E-state index contributed by atoms with van der Waals surface area (Å²) in [6.45, 7) is 3.41. The van der Waals surface area contributed by atoms with Gasteiger partial charge in [0.2, 0.25) is 5.91 Å². The summed E-state index contributed by atoms with van der Waals surface area (Å²) >= 11 is 0. The van der Waals surface area contributed by atoms with Gasteiger partial charge in [0.15, 0.2) is 0 Å². The molecule has 0 bridgehead atoms. The van der Waals surface area contributed by atoms with Gasteiger partial charge in [0, 0.05) is 13.2 Å². The molecule has 0 aliphatic heterocycles. The van der Waals surface area contributed by atoms with Gasteiger partial charge in [-0.25, -0.2) is 0 Å². The van der Waals surface area contributed by atoms with Crippen LogP contribution in [0.15, 0.2) is 29.4 Å². The summed E-state index contributed by atoms with van der Waals surface area (Å²) in [7, 11) is 1.61. The van der Waals surface area contributed by atoms with Crippen molar-refractivity contribution in [1.82, 2.24) is 5.32 Å². The predicted molar refractivity (Wildman–Crippen MR) is 45.0 cm³/mol. The second-order valence-corrected chi connectivity index (χ2v) is 1.72. The molecule has 0 saturated heterocycles. The molecule has 3 N–H and O–H groups in total. The highest BCUT2D eigenvalue weighted by atomic mass is 16.1. The van der Waals surface area contributed by atoms with Crippen LogP contribution in [-0.4, -0.2) is 19.3 Å². The van der Waals surface area contributed by atoms with E-state index in [1.807, 2.05) is 0 Å². The number of primary amides is 1. The van der Waals surface area contributed by atoms with Crippen molar-refractivity contribution in [3.8, 4) is 0 Å². The van der Waals surface area contributed by atoms with Crippen LogP contribution in [-0.2, 0) is 4.79 Å². The zero-order valence-electron chi connectivity index (χ0n) is 6.37. The molecule has 0 saturated carbocycles. The molecule has 0 radical (unpaired) electrons. The minimum atomic E-state index is -0.517. The van der Waals surface area contributed by atoms with Gasteiger partial charge in [-0.05, 0) is 0 Å². The summed E-state index contributed by atoms with van der Waals surface area (Å²) in [4.78, 5) is 14.2. The summed E-state index contributed by atoms with van der Waals surface area (Å²) in [5.41, 5.74) is 5.29. The van der Waals surface area contributed by atoms with Crippen molar-refractivity contribution in [3.05, 3.63) is 24.4 Å². The van der Waals surface area contributed by atoms with Crippen LogP contribution in [0.5, 0.6) is 0 Å². The molecular formula is C7H11N3O. The summed E-state index contributed by atoms with van der Waals surface area (Å²) in [6.07, 6.45) is 4.24. The molecule has 0 aromatic heterocycles. The van der Waals surface area contributed by atoms with Crippen LogP contribution in [0.3, 0.4) is 0 Å². The SMILES string of the molecule is C=C/C(=C\NC=NC)C(N)=O. The van der Waals surface area contributed by atoms with Crippen molar-refractivity contribution in [2.45, 2.75) is 0 Å². The van der Waals surface area contributed by atoms with Crippen LogP contribution in [0, 0.1) is 0 Å². The Bertz CT molecular complexity index is 206. The van der Waals surface area contributed by atoms with E-state index in [0.717, 1.165) is 0 Å². The molecule has 0 aliphatic rings. The standard InChI is InChI=1S/C7H11N3O/c1-3-6(7(8)11)4-10-5-9-2/h3-5H,1H2,2H3,(H2,8,11)(H,9,10)/b6-4+. The molecule has 0 spiro atoms. The van der Waals surface area contributed by atoms with E-state index < -0.39 is 5.91 Å². The van der Waals surface area contributed by atoms with Crippen LogP contribution < -0.4 is 11.1 Å². The highest BCUT2D eigenvalue weighted by molar-refractivity contribution is 5.94. The van der Waals surface area contributed by atoms with Crippen molar-refractivity contribution < 1.29 is 4.79 Å². The number of nitrogens with zero attached hydrogens (tertiary/aromatic N) is 1. The van der Waals surface area contributed by atoms with Crippen molar-refractivity contribution in [2.24, 2.45) is 10.7 Å². The molecule has 4 nitrogen and oxygen atoms in total. The maximum Gasteiger partial charge on any atom is 0.250 e.